The summed E-state index contributed by atoms with van der Waals surface area (Å²) in [6.45, 7) is 4.06. The van der Waals surface area contributed by atoms with Crippen molar-refractivity contribution >= 4 is 28.9 Å². The summed E-state index contributed by atoms with van der Waals surface area (Å²) >= 11 is 1.62. The molecule has 0 amide bonds. The lowest BCUT2D eigenvalue weighted by molar-refractivity contribution is 0.0982. The van der Waals surface area contributed by atoms with Gasteiger partial charge in [-0.2, -0.15) is 5.10 Å². The van der Waals surface area contributed by atoms with Crippen molar-refractivity contribution in [2.24, 2.45) is 0 Å². The number of carbonyl (C=O) groups is 1. The second-order valence-electron chi connectivity index (χ2n) is 6.76. The first-order chi connectivity index (χ1) is 14.5. The van der Waals surface area contributed by atoms with E-state index in [0.29, 0.717) is 24.3 Å². The van der Waals surface area contributed by atoms with Crippen molar-refractivity contribution in [1.82, 2.24) is 9.78 Å². The third-order valence-electron chi connectivity index (χ3n) is 4.67. The lowest BCUT2D eigenvalue weighted by atomic mass is 9.99. The Morgan fingerprint density at radius 2 is 1.90 bits per heavy atom. The number of benzene rings is 2. The molecule has 1 N–H and O–H groups in total. The van der Waals surface area contributed by atoms with Crippen LogP contribution in [0.4, 0.5) is 15.8 Å². The zero-order chi connectivity index (χ0) is 21.7. The number of nitrogens with zero attached hydrogens (tertiary/aromatic N) is 2. The van der Waals surface area contributed by atoms with E-state index >= 15 is 0 Å². The van der Waals surface area contributed by atoms with Gasteiger partial charge in [-0.25, -0.2) is 9.07 Å². The fraction of sp³-hybridized carbons (Fsp3) is 0.261. The summed E-state index contributed by atoms with van der Waals surface area (Å²) in [7, 11) is 0. The molecule has 0 fully saturated rings. The van der Waals surface area contributed by atoms with Crippen molar-refractivity contribution < 1.29 is 9.18 Å². The summed E-state index contributed by atoms with van der Waals surface area (Å²) in [6, 6.07) is 13.5. The minimum absolute atomic E-state index is 0.125. The number of carbonyl (C=O) groups excluding carboxylic acids is 1. The molecule has 0 spiro atoms. The van der Waals surface area contributed by atoms with Gasteiger partial charge in [0.05, 0.1) is 5.56 Å². The third-order valence-corrected chi connectivity index (χ3v) is 5.41. The van der Waals surface area contributed by atoms with Crippen molar-refractivity contribution in [2.75, 3.05) is 11.6 Å². The maximum absolute atomic E-state index is 13.7. The molecule has 3 aromatic rings. The smallest absolute Gasteiger partial charge is 0.291 e. The van der Waals surface area contributed by atoms with E-state index in [1.54, 1.807) is 23.9 Å². The van der Waals surface area contributed by atoms with Crippen LogP contribution in [-0.2, 0) is 6.54 Å². The van der Waals surface area contributed by atoms with Crippen LogP contribution in [0.1, 0.15) is 37.0 Å². The van der Waals surface area contributed by atoms with E-state index in [4.69, 9.17) is 0 Å². The van der Waals surface area contributed by atoms with E-state index in [9.17, 15) is 14.0 Å². The number of rotatable bonds is 8. The molecular weight excluding hydrogens is 401 g/mol. The van der Waals surface area contributed by atoms with E-state index in [1.165, 1.54) is 16.8 Å². The molecule has 0 bridgehead atoms. The van der Waals surface area contributed by atoms with E-state index in [-0.39, 0.29) is 23.5 Å². The molecule has 30 heavy (non-hydrogen) atoms. The maximum atomic E-state index is 13.7. The molecule has 0 aliphatic carbocycles. The monoisotopic (exact) mass is 425 g/mol. The van der Waals surface area contributed by atoms with Crippen LogP contribution >= 0.6 is 11.8 Å². The van der Waals surface area contributed by atoms with Crippen LogP contribution in [0.25, 0.3) is 11.3 Å². The van der Waals surface area contributed by atoms with Gasteiger partial charge in [0.15, 0.2) is 5.78 Å². The van der Waals surface area contributed by atoms with E-state index in [2.05, 4.69) is 10.4 Å². The van der Waals surface area contributed by atoms with Gasteiger partial charge in [0, 0.05) is 29.1 Å². The first-order valence-corrected chi connectivity index (χ1v) is 11.1. The Morgan fingerprint density at radius 3 is 2.50 bits per heavy atom. The Morgan fingerprint density at radius 1 is 1.17 bits per heavy atom. The van der Waals surface area contributed by atoms with Crippen molar-refractivity contribution in [3.63, 3.8) is 0 Å². The number of anilines is 2. The first-order valence-electron chi connectivity index (χ1n) is 9.83. The number of halogens is 1. The summed E-state index contributed by atoms with van der Waals surface area (Å²) in [6.07, 6.45) is 2.91. The molecule has 0 radical (unpaired) electrons. The molecule has 0 saturated heterocycles. The Hall–Kier alpha value is -2.93. The van der Waals surface area contributed by atoms with Crippen LogP contribution < -0.4 is 10.9 Å². The average molecular weight is 426 g/mol. The van der Waals surface area contributed by atoms with Gasteiger partial charge < -0.3 is 5.32 Å². The van der Waals surface area contributed by atoms with Crippen LogP contribution in [0, 0.1) is 5.82 Å². The van der Waals surface area contributed by atoms with E-state index < -0.39 is 11.4 Å². The van der Waals surface area contributed by atoms with Gasteiger partial charge in [0.2, 0.25) is 0 Å². The Balaban J connectivity index is 2.26. The minimum atomic E-state index is -0.431. The highest BCUT2D eigenvalue weighted by atomic mass is 32.2. The van der Waals surface area contributed by atoms with Crippen LogP contribution in [0.3, 0.4) is 0 Å². The predicted octanol–water partition coefficient (Wildman–Crippen LogP) is 5.52. The molecule has 1 aromatic heterocycles. The number of hydrogen-bond acceptors (Lipinski definition) is 5. The highest BCUT2D eigenvalue weighted by Crippen LogP contribution is 2.30. The molecule has 0 saturated carbocycles. The predicted molar refractivity (Wildman–Crippen MR) is 120 cm³/mol. The molecule has 7 heteroatoms. The summed E-state index contributed by atoms with van der Waals surface area (Å²) < 4.78 is 15.0. The zero-order valence-electron chi connectivity index (χ0n) is 17.2. The SMILES string of the molecule is CCCC(=O)c1c(-c2ccc(SC)cc2)nn(CC)c(=O)c1Nc1cccc(F)c1. The maximum Gasteiger partial charge on any atom is 0.291 e. The summed E-state index contributed by atoms with van der Waals surface area (Å²) in [5, 5.41) is 7.49. The molecule has 1 heterocycles. The number of ketones is 1. The number of aromatic nitrogens is 2. The second kappa shape index (κ2) is 9.71. The number of hydrogen-bond donors (Lipinski definition) is 1. The first kappa shape index (κ1) is 21.8. The number of thioether (sulfide) groups is 1. The quantitative estimate of drug-likeness (QED) is 0.380. The van der Waals surface area contributed by atoms with Crippen molar-refractivity contribution in [3.8, 4) is 11.3 Å². The van der Waals surface area contributed by atoms with Crippen molar-refractivity contribution in [1.29, 1.82) is 0 Å². The van der Waals surface area contributed by atoms with Gasteiger partial charge in [-0.3, -0.25) is 9.59 Å². The second-order valence-corrected chi connectivity index (χ2v) is 7.64. The molecule has 2 aromatic carbocycles. The largest absolute Gasteiger partial charge is 0.350 e. The van der Waals surface area contributed by atoms with Crippen molar-refractivity contribution in [3.05, 3.63) is 70.3 Å². The molecular formula is C23H24FN3O2S. The van der Waals surface area contributed by atoms with Gasteiger partial charge in [0.1, 0.15) is 17.2 Å². The summed E-state index contributed by atoms with van der Waals surface area (Å²) in [4.78, 5) is 27.3. The number of nitrogens with one attached hydrogen (secondary N) is 1. The van der Waals surface area contributed by atoms with Crippen LogP contribution in [0.15, 0.2) is 58.2 Å². The molecule has 5 nitrogen and oxygen atoms in total. The third kappa shape index (κ3) is 4.62. The molecule has 0 aliphatic heterocycles. The molecule has 3 rings (SSSR count). The number of Topliss-reactive ketones (excluding diaryl/α,β-unsaturated/α-hetero) is 1. The van der Waals surface area contributed by atoms with Crippen LogP contribution in [0.5, 0.6) is 0 Å². The van der Waals surface area contributed by atoms with Gasteiger partial charge >= 0.3 is 0 Å². The highest BCUT2D eigenvalue weighted by molar-refractivity contribution is 7.98. The molecule has 0 unspecified atom stereocenters. The van der Waals surface area contributed by atoms with Crippen LogP contribution in [-0.4, -0.2) is 21.8 Å². The molecule has 156 valence electrons. The summed E-state index contributed by atoms with van der Waals surface area (Å²) in [5.74, 6) is -0.604. The lowest BCUT2D eigenvalue weighted by Crippen LogP contribution is -2.28. The average Bonchev–Trinajstić information content (AvgIpc) is 2.75. The van der Waals surface area contributed by atoms with Gasteiger partial charge in [-0.05, 0) is 49.9 Å². The Labute approximate surface area is 179 Å². The molecule has 0 aliphatic rings. The van der Waals surface area contributed by atoms with Gasteiger partial charge in [-0.1, -0.05) is 25.1 Å². The fourth-order valence-corrected chi connectivity index (χ4v) is 3.59. The standard InChI is InChI=1S/C23H24FN3O2S/c1-4-7-19(28)20-21(15-10-12-18(30-3)13-11-15)26-27(5-2)23(29)22(20)25-17-9-6-8-16(24)14-17/h6,8-14,25H,4-5,7H2,1-3H3. The number of aryl methyl sites for hydroxylation is 1. The van der Waals surface area contributed by atoms with E-state index in [1.807, 2.05) is 44.4 Å². The van der Waals surface area contributed by atoms with Gasteiger partial charge in [-0.15, -0.1) is 11.8 Å². The molecule has 0 atom stereocenters. The Kier molecular flexibility index (Phi) is 7.05. The highest BCUT2D eigenvalue weighted by Gasteiger charge is 2.24. The van der Waals surface area contributed by atoms with Gasteiger partial charge in [0.25, 0.3) is 5.56 Å². The van der Waals surface area contributed by atoms with E-state index in [0.717, 1.165) is 10.5 Å². The lowest BCUT2D eigenvalue weighted by Gasteiger charge is -2.17. The van der Waals surface area contributed by atoms with Crippen molar-refractivity contribution in [2.45, 2.75) is 38.1 Å². The normalized spacial score (nSPS) is 10.8. The summed E-state index contributed by atoms with van der Waals surface area (Å²) in [5.41, 5.74) is 1.55. The van der Waals surface area contributed by atoms with Crippen LogP contribution in [0.2, 0.25) is 0 Å². The topological polar surface area (TPSA) is 64.0 Å². The minimum Gasteiger partial charge on any atom is -0.350 e. The Bertz CT molecular complexity index is 1110. The fourth-order valence-electron chi connectivity index (χ4n) is 3.19. The zero-order valence-corrected chi connectivity index (χ0v) is 18.1.